The van der Waals surface area contributed by atoms with E-state index in [9.17, 15) is 0 Å². The van der Waals surface area contributed by atoms with Crippen LogP contribution in [-0.4, -0.2) is 30.0 Å². The Balaban J connectivity index is 2.04. The first-order chi connectivity index (χ1) is 8.06. The molecule has 1 aromatic carbocycles. The van der Waals surface area contributed by atoms with Crippen molar-refractivity contribution >= 4 is 21.6 Å². The third-order valence-corrected chi connectivity index (χ3v) is 4.87. The van der Waals surface area contributed by atoms with E-state index in [1.807, 2.05) is 11.3 Å². The summed E-state index contributed by atoms with van der Waals surface area (Å²) < 4.78 is 1.31. The van der Waals surface area contributed by atoms with Crippen molar-refractivity contribution in [3.8, 4) is 0 Å². The van der Waals surface area contributed by atoms with Gasteiger partial charge >= 0.3 is 0 Å². The van der Waals surface area contributed by atoms with Crippen molar-refractivity contribution < 1.29 is 0 Å². The van der Waals surface area contributed by atoms with E-state index in [4.69, 9.17) is 4.98 Å². The summed E-state index contributed by atoms with van der Waals surface area (Å²) >= 11 is 1.86. The highest BCUT2D eigenvalue weighted by molar-refractivity contribution is 7.18. The number of nitrogens with zero attached hydrogens (tertiary/aromatic N) is 2. The van der Waals surface area contributed by atoms with Crippen LogP contribution in [0.4, 0.5) is 0 Å². The maximum absolute atomic E-state index is 4.82. The van der Waals surface area contributed by atoms with E-state index in [2.05, 4.69) is 50.1 Å². The monoisotopic (exact) mass is 246 g/mol. The summed E-state index contributed by atoms with van der Waals surface area (Å²) in [6.07, 6.45) is 0. The summed E-state index contributed by atoms with van der Waals surface area (Å²) in [5.74, 6) is 0.574. The van der Waals surface area contributed by atoms with Crippen LogP contribution >= 0.6 is 11.3 Å². The van der Waals surface area contributed by atoms with Gasteiger partial charge in [-0.25, -0.2) is 4.98 Å². The van der Waals surface area contributed by atoms with Gasteiger partial charge < -0.3 is 4.90 Å². The molecule has 0 radical (unpaired) electrons. The van der Waals surface area contributed by atoms with Crippen LogP contribution in [-0.2, 0) is 0 Å². The maximum atomic E-state index is 4.82. The van der Waals surface area contributed by atoms with Crippen molar-refractivity contribution in [2.75, 3.05) is 20.1 Å². The summed E-state index contributed by atoms with van der Waals surface area (Å²) in [5.41, 5.74) is 1.49. The molecular weight excluding hydrogens is 228 g/mol. The van der Waals surface area contributed by atoms with Crippen molar-refractivity contribution in [1.82, 2.24) is 9.88 Å². The van der Waals surface area contributed by atoms with Gasteiger partial charge in [-0.05, 0) is 24.6 Å². The number of likely N-dealkylation sites (N-methyl/N-ethyl adjacent to an activating group) is 1. The average Bonchev–Trinajstić information content (AvgIpc) is 2.78. The molecule has 1 aliphatic heterocycles. The Bertz CT molecular complexity index is 511. The Hall–Kier alpha value is -0.930. The number of thiazole rings is 1. The number of fused-ring (bicyclic) bond motifs is 1. The van der Waals surface area contributed by atoms with Crippen LogP contribution in [0.1, 0.15) is 24.8 Å². The zero-order chi connectivity index (χ0) is 12.0. The quantitative estimate of drug-likeness (QED) is 0.767. The van der Waals surface area contributed by atoms with Crippen molar-refractivity contribution in [3.05, 3.63) is 29.3 Å². The number of para-hydroxylation sites is 1. The zero-order valence-electron chi connectivity index (χ0n) is 10.6. The van der Waals surface area contributed by atoms with Crippen LogP contribution in [0, 0.1) is 5.41 Å². The predicted octanol–water partition coefficient (Wildman–Crippen LogP) is 3.35. The molecule has 2 aromatic rings. The van der Waals surface area contributed by atoms with E-state index >= 15 is 0 Å². The molecule has 2 nitrogen and oxygen atoms in total. The Morgan fingerprint density at radius 2 is 2.12 bits per heavy atom. The Morgan fingerprint density at radius 1 is 1.35 bits per heavy atom. The van der Waals surface area contributed by atoms with Gasteiger partial charge in [0.25, 0.3) is 0 Å². The first kappa shape index (κ1) is 11.2. The lowest BCUT2D eigenvalue weighted by molar-refractivity contribution is 0.324. The van der Waals surface area contributed by atoms with E-state index in [-0.39, 0.29) is 0 Å². The largest absolute Gasteiger partial charge is 0.305 e. The predicted molar refractivity (Wildman–Crippen MR) is 73.6 cm³/mol. The number of hydrogen-bond donors (Lipinski definition) is 0. The van der Waals surface area contributed by atoms with Gasteiger partial charge in [0.05, 0.1) is 15.2 Å². The topological polar surface area (TPSA) is 16.1 Å². The summed E-state index contributed by atoms with van der Waals surface area (Å²) in [6.45, 7) is 7.00. The van der Waals surface area contributed by atoms with E-state index in [1.165, 1.54) is 9.71 Å². The van der Waals surface area contributed by atoms with Crippen molar-refractivity contribution in [1.29, 1.82) is 0 Å². The average molecular weight is 246 g/mol. The molecule has 0 amide bonds. The second kappa shape index (κ2) is 3.79. The lowest BCUT2D eigenvalue weighted by Crippen LogP contribution is -2.21. The molecule has 0 saturated carbocycles. The van der Waals surface area contributed by atoms with Crippen LogP contribution in [0.5, 0.6) is 0 Å². The Kier molecular flexibility index (Phi) is 2.49. The summed E-state index contributed by atoms with van der Waals surface area (Å²) in [7, 11) is 2.20. The number of benzene rings is 1. The van der Waals surface area contributed by atoms with E-state index in [0.717, 1.165) is 18.6 Å². The Labute approximate surface area is 106 Å². The van der Waals surface area contributed by atoms with Gasteiger partial charge in [0, 0.05) is 19.0 Å². The first-order valence-electron chi connectivity index (χ1n) is 6.10. The molecule has 0 aliphatic carbocycles. The minimum atomic E-state index is 0.336. The molecule has 0 bridgehead atoms. The maximum Gasteiger partial charge on any atom is 0.0988 e. The Morgan fingerprint density at radius 3 is 2.76 bits per heavy atom. The van der Waals surface area contributed by atoms with Crippen LogP contribution in [0.3, 0.4) is 0 Å². The highest BCUT2D eigenvalue weighted by Crippen LogP contribution is 2.43. The van der Waals surface area contributed by atoms with E-state index < -0.39 is 0 Å². The van der Waals surface area contributed by atoms with Crippen LogP contribution in [0.15, 0.2) is 24.3 Å². The molecule has 3 rings (SSSR count). The molecule has 1 unspecified atom stereocenters. The summed E-state index contributed by atoms with van der Waals surface area (Å²) in [5, 5.41) is 1.31. The molecule has 1 fully saturated rings. The first-order valence-corrected chi connectivity index (χ1v) is 6.92. The molecular formula is C14H18N2S. The molecule has 3 heteroatoms. The molecule has 90 valence electrons. The fourth-order valence-electron chi connectivity index (χ4n) is 2.88. The fraction of sp³-hybridized carbons (Fsp3) is 0.500. The van der Waals surface area contributed by atoms with Gasteiger partial charge in [0.1, 0.15) is 0 Å². The van der Waals surface area contributed by atoms with Crippen molar-refractivity contribution in [2.24, 2.45) is 5.41 Å². The highest BCUT2D eigenvalue weighted by Gasteiger charge is 2.40. The third kappa shape index (κ3) is 1.87. The molecule has 1 saturated heterocycles. The highest BCUT2D eigenvalue weighted by atomic mass is 32.1. The van der Waals surface area contributed by atoms with E-state index in [0.29, 0.717) is 11.3 Å². The fourth-order valence-corrected chi connectivity index (χ4v) is 4.15. The zero-order valence-corrected chi connectivity index (χ0v) is 11.4. The SMILES string of the molecule is CN1CC(c2nc3ccccc3s2)C(C)(C)C1. The summed E-state index contributed by atoms with van der Waals surface area (Å²) in [4.78, 5) is 7.23. The van der Waals surface area contributed by atoms with Gasteiger partial charge in [-0.1, -0.05) is 26.0 Å². The lowest BCUT2D eigenvalue weighted by Gasteiger charge is -2.23. The van der Waals surface area contributed by atoms with E-state index in [1.54, 1.807) is 0 Å². The normalized spacial score (nSPS) is 24.5. The van der Waals surface area contributed by atoms with Crippen LogP contribution in [0.25, 0.3) is 10.2 Å². The second-order valence-electron chi connectivity index (χ2n) is 5.76. The molecule has 2 heterocycles. The minimum Gasteiger partial charge on any atom is -0.305 e. The number of hydrogen-bond acceptors (Lipinski definition) is 3. The second-order valence-corrected chi connectivity index (χ2v) is 6.82. The minimum absolute atomic E-state index is 0.336. The molecule has 0 spiro atoms. The molecule has 17 heavy (non-hydrogen) atoms. The van der Waals surface area contributed by atoms with Gasteiger partial charge in [0.15, 0.2) is 0 Å². The number of likely N-dealkylation sites (tertiary alicyclic amines) is 1. The van der Waals surface area contributed by atoms with Gasteiger partial charge in [-0.2, -0.15) is 0 Å². The smallest absolute Gasteiger partial charge is 0.0988 e. The molecule has 0 N–H and O–H groups in total. The molecule has 1 aliphatic rings. The third-order valence-electron chi connectivity index (χ3n) is 3.72. The number of rotatable bonds is 1. The van der Waals surface area contributed by atoms with Crippen LogP contribution < -0.4 is 0 Å². The number of aromatic nitrogens is 1. The molecule has 1 aromatic heterocycles. The summed E-state index contributed by atoms with van der Waals surface area (Å²) in [6, 6.07) is 8.44. The standard InChI is InChI=1S/C14H18N2S/c1-14(2)9-16(3)8-10(14)13-15-11-6-4-5-7-12(11)17-13/h4-7,10H,8-9H2,1-3H3. The van der Waals surface area contributed by atoms with Gasteiger partial charge in [0.2, 0.25) is 0 Å². The van der Waals surface area contributed by atoms with Crippen molar-refractivity contribution in [2.45, 2.75) is 19.8 Å². The van der Waals surface area contributed by atoms with Gasteiger partial charge in [-0.15, -0.1) is 11.3 Å². The van der Waals surface area contributed by atoms with Gasteiger partial charge in [-0.3, -0.25) is 0 Å². The van der Waals surface area contributed by atoms with Crippen LogP contribution in [0.2, 0.25) is 0 Å². The van der Waals surface area contributed by atoms with Crippen molar-refractivity contribution in [3.63, 3.8) is 0 Å². The molecule has 1 atom stereocenters. The lowest BCUT2D eigenvalue weighted by atomic mass is 9.82.